The van der Waals surface area contributed by atoms with Crippen LogP contribution in [0, 0.1) is 5.92 Å². The van der Waals surface area contributed by atoms with Gasteiger partial charge in [-0.2, -0.15) is 0 Å². The van der Waals surface area contributed by atoms with Crippen LogP contribution in [0.4, 0.5) is 4.79 Å². The predicted molar refractivity (Wildman–Crippen MR) is 153 cm³/mol. The molecular formula is C30H54N2O8. The van der Waals surface area contributed by atoms with Crippen molar-refractivity contribution in [3.05, 3.63) is 0 Å². The molecule has 2 rings (SSSR count). The summed E-state index contributed by atoms with van der Waals surface area (Å²) < 4.78 is 15.9. The SMILES string of the molecule is CC(C)(C)N1CCCCC1.CCCCOC(=O)N1CCC(C(=O)OC(C)(C)C)CC1(C(=O)O)C(=O)OC(C)(C)C. The number of unbranched alkanes of at least 4 members (excludes halogenated alkanes) is 1. The van der Waals surface area contributed by atoms with Crippen LogP contribution in [0.25, 0.3) is 0 Å². The molecule has 2 aliphatic heterocycles. The number of hydrogen-bond donors (Lipinski definition) is 1. The van der Waals surface area contributed by atoms with E-state index < -0.39 is 53.1 Å². The Bertz CT molecular complexity index is 862. The van der Waals surface area contributed by atoms with E-state index in [0.717, 1.165) is 11.3 Å². The van der Waals surface area contributed by atoms with Crippen LogP contribution in [0.2, 0.25) is 0 Å². The Morgan fingerprint density at radius 3 is 1.82 bits per heavy atom. The molecule has 1 N–H and O–H groups in total. The molecule has 10 nitrogen and oxygen atoms in total. The first-order valence-electron chi connectivity index (χ1n) is 14.6. The van der Waals surface area contributed by atoms with Crippen LogP contribution >= 0.6 is 0 Å². The molecule has 0 saturated carbocycles. The van der Waals surface area contributed by atoms with Crippen molar-refractivity contribution in [2.75, 3.05) is 26.2 Å². The Morgan fingerprint density at radius 2 is 1.40 bits per heavy atom. The maximum atomic E-state index is 13.1. The molecule has 0 aromatic rings. The molecule has 40 heavy (non-hydrogen) atoms. The number of carbonyl (C=O) groups is 4. The van der Waals surface area contributed by atoms with Gasteiger partial charge in [0, 0.05) is 18.5 Å². The molecule has 0 spiro atoms. The van der Waals surface area contributed by atoms with Gasteiger partial charge in [0.2, 0.25) is 5.54 Å². The highest BCUT2D eigenvalue weighted by Crippen LogP contribution is 2.37. The van der Waals surface area contributed by atoms with E-state index in [1.165, 1.54) is 32.4 Å². The number of nitrogens with zero attached hydrogens (tertiary/aromatic N) is 2. The van der Waals surface area contributed by atoms with Gasteiger partial charge in [0.05, 0.1) is 12.5 Å². The third-order valence-electron chi connectivity index (χ3n) is 6.78. The number of ether oxygens (including phenoxy) is 3. The zero-order chi connectivity index (χ0) is 30.9. The van der Waals surface area contributed by atoms with E-state index in [1.54, 1.807) is 41.5 Å². The maximum absolute atomic E-state index is 13.1. The van der Waals surface area contributed by atoms with E-state index in [9.17, 15) is 24.3 Å². The normalized spacial score (nSPS) is 22.4. The van der Waals surface area contributed by atoms with Gasteiger partial charge < -0.3 is 19.3 Å². The largest absolute Gasteiger partial charge is 0.479 e. The first-order chi connectivity index (χ1) is 18.2. The van der Waals surface area contributed by atoms with Crippen molar-refractivity contribution in [2.45, 2.75) is 136 Å². The summed E-state index contributed by atoms with van der Waals surface area (Å²) in [6.45, 7) is 21.3. The highest BCUT2D eigenvalue weighted by atomic mass is 16.6. The fourth-order valence-corrected chi connectivity index (χ4v) is 4.67. The van der Waals surface area contributed by atoms with E-state index >= 15 is 0 Å². The Morgan fingerprint density at radius 1 is 0.850 bits per heavy atom. The summed E-state index contributed by atoms with van der Waals surface area (Å²) in [6.07, 6.45) is 4.40. The highest BCUT2D eigenvalue weighted by Gasteiger charge is 2.60. The molecule has 0 bridgehead atoms. The predicted octanol–water partition coefficient (Wildman–Crippen LogP) is 5.41. The van der Waals surface area contributed by atoms with Gasteiger partial charge in [-0.1, -0.05) is 19.8 Å². The van der Waals surface area contributed by atoms with E-state index in [-0.39, 0.29) is 19.6 Å². The molecule has 0 aromatic heterocycles. The molecule has 2 saturated heterocycles. The lowest BCUT2D eigenvalue weighted by atomic mass is 9.79. The van der Waals surface area contributed by atoms with Crippen molar-refractivity contribution >= 4 is 24.0 Å². The molecule has 0 aromatic carbocycles. The number of rotatable bonds is 6. The summed E-state index contributed by atoms with van der Waals surface area (Å²) in [6, 6.07) is 0. The summed E-state index contributed by atoms with van der Waals surface area (Å²) in [5, 5.41) is 10.1. The number of likely N-dealkylation sites (tertiary alicyclic amines) is 2. The lowest BCUT2D eigenvalue weighted by molar-refractivity contribution is -0.185. The number of piperidine rings is 2. The van der Waals surface area contributed by atoms with Crippen molar-refractivity contribution in [1.29, 1.82) is 0 Å². The number of carbonyl (C=O) groups excluding carboxylic acids is 3. The average molecular weight is 571 g/mol. The Kier molecular flexibility index (Phi) is 12.9. The van der Waals surface area contributed by atoms with Crippen molar-refractivity contribution in [3.8, 4) is 0 Å². The van der Waals surface area contributed by atoms with Crippen LogP contribution in [0.15, 0.2) is 0 Å². The van der Waals surface area contributed by atoms with Crippen LogP contribution in [0.5, 0.6) is 0 Å². The number of hydrogen-bond acceptors (Lipinski definition) is 8. The molecule has 2 fully saturated rings. The third-order valence-corrected chi connectivity index (χ3v) is 6.78. The van der Waals surface area contributed by atoms with Gasteiger partial charge in [-0.05, 0) is 101 Å². The second-order valence-electron chi connectivity index (χ2n) is 13.7. The van der Waals surface area contributed by atoms with Crippen LogP contribution in [-0.4, -0.2) is 87.4 Å². The van der Waals surface area contributed by atoms with Gasteiger partial charge in [0.15, 0.2) is 0 Å². The molecule has 2 heterocycles. The first-order valence-corrected chi connectivity index (χ1v) is 14.6. The fourth-order valence-electron chi connectivity index (χ4n) is 4.67. The molecule has 2 atom stereocenters. The molecule has 10 heteroatoms. The second kappa shape index (κ2) is 14.5. The summed E-state index contributed by atoms with van der Waals surface area (Å²) in [7, 11) is 0. The zero-order valence-corrected chi connectivity index (χ0v) is 26.6. The van der Waals surface area contributed by atoms with E-state index in [1.807, 2.05) is 6.92 Å². The van der Waals surface area contributed by atoms with Gasteiger partial charge in [0.25, 0.3) is 0 Å². The Labute approximate surface area is 241 Å². The van der Waals surface area contributed by atoms with E-state index in [2.05, 4.69) is 25.7 Å². The fraction of sp³-hybridized carbons (Fsp3) is 0.867. The minimum Gasteiger partial charge on any atom is -0.479 e. The minimum atomic E-state index is -2.38. The van der Waals surface area contributed by atoms with Gasteiger partial charge in [0.1, 0.15) is 11.2 Å². The lowest BCUT2D eigenvalue weighted by Crippen LogP contribution is -2.67. The summed E-state index contributed by atoms with van der Waals surface area (Å²) in [5.74, 6) is -4.18. The molecule has 0 aliphatic carbocycles. The van der Waals surface area contributed by atoms with Crippen LogP contribution in [0.1, 0.15) is 114 Å². The molecule has 0 radical (unpaired) electrons. The smallest absolute Gasteiger partial charge is 0.411 e. The standard InChI is InChI=1S/C21H35NO8.C9H19N/c1-8-9-12-28-18(27)22-11-10-14(15(23)29-19(2,3)4)13-21(22,16(24)25)17(26)30-20(5,6)7;1-9(2,3)10-7-5-4-6-8-10/h14H,8-13H2,1-7H3,(H,24,25);4-8H2,1-3H3. The number of amides is 1. The number of carboxylic acids is 1. The van der Waals surface area contributed by atoms with Crippen LogP contribution < -0.4 is 0 Å². The molecule has 2 aliphatic rings. The summed E-state index contributed by atoms with van der Waals surface area (Å²) >= 11 is 0. The Balaban J connectivity index is 0.000000667. The molecular weight excluding hydrogens is 516 g/mol. The Hall–Kier alpha value is -2.36. The average Bonchev–Trinajstić information content (AvgIpc) is 2.81. The highest BCUT2D eigenvalue weighted by molar-refractivity contribution is 6.07. The zero-order valence-electron chi connectivity index (χ0n) is 26.6. The monoisotopic (exact) mass is 570 g/mol. The topological polar surface area (TPSA) is 123 Å². The van der Waals surface area contributed by atoms with Crippen LogP contribution in [0.3, 0.4) is 0 Å². The summed E-state index contributed by atoms with van der Waals surface area (Å²) in [4.78, 5) is 54.2. The van der Waals surface area contributed by atoms with Gasteiger partial charge in [-0.3, -0.25) is 14.6 Å². The quantitative estimate of drug-likeness (QED) is 0.193. The number of aliphatic carboxylic acids is 1. The van der Waals surface area contributed by atoms with Gasteiger partial charge >= 0.3 is 24.0 Å². The van der Waals surface area contributed by atoms with Crippen LogP contribution in [-0.2, 0) is 28.6 Å². The van der Waals surface area contributed by atoms with Gasteiger partial charge in [-0.25, -0.2) is 14.4 Å². The van der Waals surface area contributed by atoms with Crippen molar-refractivity contribution < 1.29 is 38.5 Å². The molecule has 2 unspecified atom stereocenters. The lowest BCUT2D eigenvalue weighted by Gasteiger charge is -2.44. The second-order valence-corrected chi connectivity index (χ2v) is 13.7. The van der Waals surface area contributed by atoms with E-state index in [4.69, 9.17) is 14.2 Å². The van der Waals surface area contributed by atoms with Gasteiger partial charge in [-0.15, -0.1) is 0 Å². The molecule has 232 valence electrons. The minimum absolute atomic E-state index is 0.103. The van der Waals surface area contributed by atoms with E-state index in [0.29, 0.717) is 12.0 Å². The van der Waals surface area contributed by atoms with Crippen molar-refractivity contribution in [3.63, 3.8) is 0 Å². The third kappa shape index (κ3) is 10.9. The maximum Gasteiger partial charge on any atom is 0.411 e. The van der Waals surface area contributed by atoms with Crippen molar-refractivity contribution in [2.24, 2.45) is 5.92 Å². The number of carboxylic acid groups (broad SMARTS) is 1. The number of esters is 2. The van der Waals surface area contributed by atoms with Crippen molar-refractivity contribution in [1.82, 2.24) is 9.80 Å². The summed E-state index contributed by atoms with van der Waals surface area (Å²) in [5.41, 5.74) is -3.74. The first kappa shape index (κ1) is 35.7. The molecule has 1 amide bonds.